The number of hydrogen-bond acceptors (Lipinski definition) is 4. The highest BCUT2D eigenvalue weighted by molar-refractivity contribution is 14.0. The summed E-state index contributed by atoms with van der Waals surface area (Å²) in [5.41, 5.74) is 0.949. The molecule has 146 valence electrons. The fraction of sp³-hybridized carbons (Fsp3) is 0.632. The summed E-state index contributed by atoms with van der Waals surface area (Å²) in [7, 11) is 1.80. The van der Waals surface area contributed by atoms with Crippen LogP contribution in [-0.2, 0) is 0 Å². The van der Waals surface area contributed by atoms with E-state index in [-0.39, 0.29) is 24.0 Å². The van der Waals surface area contributed by atoms with Gasteiger partial charge in [0.2, 0.25) is 0 Å². The van der Waals surface area contributed by atoms with Crippen LogP contribution in [0, 0.1) is 5.92 Å². The Hall–Kier alpha value is -1.22. The van der Waals surface area contributed by atoms with Crippen LogP contribution in [0.15, 0.2) is 23.2 Å². The van der Waals surface area contributed by atoms with Crippen LogP contribution in [0.3, 0.4) is 0 Å². The lowest BCUT2D eigenvalue weighted by atomic mass is 10.1. The van der Waals surface area contributed by atoms with E-state index in [0.717, 1.165) is 42.7 Å². The molecule has 2 aliphatic heterocycles. The summed E-state index contributed by atoms with van der Waals surface area (Å²) in [6.45, 7) is 8.22. The molecular formula is C19H31IN4O2. The highest BCUT2D eigenvalue weighted by Gasteiger charge is 2.15. The molecule has 2 heterocycles. The predicted octanol–water partition coefficient (Wildman–Crippen LogP) is 3.19. The maximum absolute atomic E-state index is 5.75. The van der Waals surface area contributed by atoms with Crippen molar-refractivity contribution in [3.63, 3.8) is 0 Å². The van der Waals surface area contributed by atoms with Crippen molar-refractivity contribution in [3.8, 4) is 11.5 Å². The Morgan fingerprint density at radius 3 is 2.62 bits per heavy atom. The lowest BCUT2D eigenvalue weighted by Crippen LogP contribution is -2.37. The van der Waals surface area contributed by atoms with Crippen LogP contribution in [0.5, 0.6) is 11.5 Å². The molecule has 1 saturated heterocycles. The van der Waals surface area contributed by atoms with Crippen molar-refractivity contribution in [3.05, 3.63) is 18.2 Å². The van der Waals surface area contributed by atoms with Gasteiger partial charge in [-0.05, 0) is 44.0 Å². The molecule has 2 N–H and O–H groups in total. The van der Waals surface area contributed by atoms with Crippen molar-refractivity contribution in [2.75, 3.05) is 51.8 Å². The standard InChI is InChI=1S/C19H30N4O2.HI/c1-15(14-23-8-3-4-9-23)13-21-19(20-2)22-16-6-7-17-18(12-16)25-11-5-10-24-17;/h6-7,12,15H,3-5,8-11,13-14H2,1-2H3,(H2,20,21,22);1H. The number of nitrogens with zero attached hydrogens (tertiary/aromatic N) is 2. The first-order chi connectivity index (χ1) is 12.2. The minimum absolute atomic E-state index is 0. The number of halogens is 1. The normalized spacial score (nSPS) is 18.6. The summed E-state index contributed by atoms with van der Waals surface area (Å²) >= 11 is 0. The molecule has 0 aliphatic carbocycles. The molecule has 0 bridgehead atoms. The Kier molecular flexibility index (Phi) is 8.77. The summed E-state index contributed by atoms with van der Waals surface area (Å²) < 4.78 is 11.4. The zero-order valence-electron chi connectivity index (χ0n) is 15.8. The highest BCUT2D eigenvalue weighted by Crippen LogP contribution is 2.32. The van der Waals surface area contributed by atoms with E-state index in [4.69, 9.17) is 9.47 Å². The molecule has 2 aliphatic rings. The second-order valence-electron chi connectivity index (χ2n) is 6.90. The molecule has 1 atom stereocenters. The quantitative estimate of drug-likeness (QED) is 0.390. The van der Waals surface area contributed by atoms with Gasteiger partial charge in [0, 0.05) is 38.3 Å². The first kappa shape index (κ1) is 21.1. The molecule has 0 saturated carbocycles. The number of likely N-dealkylation sites (tertiary alicyclic amines) is 1. The van der Waals surface area contributed by atoms with E-state index in [1.54, 1.807) is 7.05 Å². The van der Waals surface area contributed by atoms with Crippen LogP contribution >= 0.6 is 24.0 Å². The fourth-order valence-corrected chi connectivity index (χ4v) is 3.30. The zero-order chi connectivity index (χ0) is 17.5. The van der Waals surface area contributed by atoms with Gasteiger partial charge < -0.3 is 25.0 Å². The van der Waals surface area contributed by atoms with Gasteiger partial charge >= 0.3 is 0 Å². The molecule has 0 spiro atoms. The maximum atomic E-state index is 5.75. The summed E-state index contributed by atoms with van der Waals surface area (Å²) in [6, 6.07) is 5.92. The lowest BCUT2D eigenvalue weighted by molar-refractivity contribution is 0.288. The smallest absolute Gasteiger partial charge is 0.195 e. The highest BCUT2D eigenvalue weighted by atomic mass is 127. The Morgan fingerprint density at radius 2 is 1.88 bits per heavy atom. The molecular weight excluding hydrogens is 443 g/mol. The predicted molar refractivity (Wildman–Crippen MR) is 117 cm³/mol. The van der Waals surface area contributed by atoms with Crippen LogP contribution in [-0.4, -0.2) is 57.3 Å². The van der Waals surface area contributed by atoms with Crippen LogP contribution < -0.4 is 20.1 Å². The molecule has 6 nitrogen and oxygen atoms in total. The first-order valence-electron chi connectivity index (χ1n) is 9.34. The summed E-state index contributed by atoms with van der Waals surface area (Å²) in [5, 5.41) is 6.76. The van der Waals surface area contributed by atoms with E-state index in [2.05, 4.69) is 27.4 Å². The van der Waals surface area contributed by atoms with Crippen molar-refractivity contribution < 1.29 is 9.47 Å². The topological polar surface area (TPSA) is 58.1 Å². The van der Waals surface area contributed by atoms with Crippen molar-refractivity contribution >= 4 is 35.6 Å². The van der Waals surface area contributed by atoms with Gasteiger partial charge in [0.25, 0.3) is 0 Å². The SMILES string of the molecule is CN=C(NCC(C)CN1CCCC1)Nc1ccc2c(c1)OCCCO2.I. The third-order valence-corrected chi connectivity index (χ3v) is 4.62. The van der Waals surface area contributed by atoms with Gasteiger partial charge in [-0.15, -0.1) is 24.0 Å². The van der Waals surface area contributed by atoms with Crippen molar-refractivity contribution in [1.82, 2.24) is 10.2 Å². The number of hydrogen-bond donors (Lipinski definition) is 2. The van der Waals surface area contributed by atoms with Gasteiger partial charge in [-0.3, -0.25) is 4.99 Å². The van der Waals surface area contributed by atoms with Crippen LogP contribution in [0.4, 0.5) is 5.69 Å². The van der Waals surface area contributed by atoms with Gasteiger partial charge in [0.1, 0.15) is 0 Å². The lowest BCUT2D eigenvalue weighted by Gasteiger charge is -2.21. The molecule has 1 aromatic rings. The van der Waals surface area contributed by atoms with E-state index in [0.29, 0.717) is 19.1 Å². The van der Waals surface area contributed by atoms with Crippen molar-refractivity contribution in [2.24, 2.45) is 10.9 Å². The summed E-state index contributed by atoms with van der Waals surface area (Å²) in [5.74, 6) is 2.97. The summed E-state index contributed by atoms with van der Waals surface area (Å²) in [4.78, 5) is 6.87. The van der Waals surface area contributed by atoms with E-state index in [1.807, 2.05) is 18.2 Å². The van der Waals surface area contributed by atoms with Gasteiger partial charge in [-0.25, -0.2) is 0 Å². The molecule has 1 aromatic carbocycles. The van der Waals surface area contributed by atoms with E-state index in [9.17, 15) is 0 Å². The average Bonchev–Trinajstić information content (AvgIpc) is 3.01. The third-order valence-electron chi connectivity index (χ3n) is 4.62. The molecule has 7 heteroatoms. The zero-order valence-corrected chi connectivity index (χ0v) is 18.1. The molecule has 1 unspecified atom stereocenters. The van der Waals surface area contributed by atoms with E-state index < -0.39 is 0 Å². The van der Waals surface area contributed by atoms with Gasteiger partial charge in [0.05, 0.1) is 13.2 Å². The van der Waals surface area contributed by atoms with E-state index in [1.165, 1.54) is 25.9 Å². The first-order valence-corrected chi connectivity index (χ1v) is 9.34. The third kappa shape index (κ3) is 6.19. The molecule has 3 rings (SSSR count). The van der Waals surface area contributed by atoms with Gasteiger partial charge in [-0.2, -0.15) is 0 Å². The molecule has 0 aromatic heterocycles. The average molecular weight is 474 g/mol. The second kappa shape index (κ2) is 10.8. The van der Waals surface area contributed by atoms with Crippen LogP contribution in [0.25, 0.3) is 0 Å². The van der Waals surface area contributed by atoms with Gasteiger partial charge in [-0.1, -0.05) is 6.92 Å². The van der Waals surface area contributed by atoms with Gasteiger partial charge in [0.15, 0.2) is 17.5 Å². The number of benzene rings is 1. The molecule has 0 amide bonds. The Labute approximate surface area is 173 Å². The Bertz CT molecular complexity index is 591. The molecule has 26 heavy (non-hydrogen) atoms. The Morgan fingerprint density at radius 1 is 1.15 bits per heavy atom. The summed E-state index contributed by atoms with van der Waals surface area (Å²) in [6.07, 6.45) is 3.59. The minimum atomic E-state index is 0. The number of aliphatic imine (C=N–C) groups is 1. The van der Waals surface area contributed by atoms with Crippen molar-refractivity contribution in [2.45, 2.75) is 26.2 Å². The largest absolute Gasteiger partial charge is 0.490 e. The van der Waals surface area contributed by atoms with Crippen molar-refractivity contribution in [1.29, 1.82) is 0 Å². The number of nitrogens with one attached hydrogen (secondary N) is 2. The fourth-order valence-electron chi connectivity index (χ4n) is 3.30. The minimum Gasteiger partial charge on any atom is -0.490 e. The number of anilines is 1. The number of guanidine groups is 1. The second-order valence-corrected chi connectivity index (χ2v) is 6.90. The van der Waals surface area contributed by atoms with Crippen LogP contribution in [0.2, 0.25) is 0 Å². The molecule has 1 fully saturated rings. The number of fused-ring (bicyclic) bond motifs is 1. The van der Waals surface area contributed by atoms with E-state index >= 15 is 0 Å². The number of rotatable bonds is 5. The van der Waals surface area contributed by atoms with Crippen LogP contribution in [0.1, 0.15) is 26.2 Å². The monoisotopic (exact) mass is 474 g/mol. The maximum Gasteiger partial charge on any atom is 0.195 e. The molecule has 0 radical (unpaired) electrons. The Balaban J connectivity index is 0.00000243. The number of ether oxygens (including phenoxy) is 2.